The largest absolute Gasteiger partial charge is 0.410 e. The second-order valence-electron chi connectivity index (χ2n) is 9.41. The fourth-order valence-electron chi connectivity index (χ4n) is 2.98. The van der Waals surface area contributed by atoms with E-state index in [1.165, 1.54) is 5.57 Å². The average Bonchev–Trinajstić information content (AvgIpc) is 2.98. The molecule has 0 saturated carbocycles. The maximum atomic E-state index is 10.7. The number of ether oxygens (including phenoxy) is 1. The average molecular weight is 410 g/mol. The molecule has 1 aliphatic heterocycles. The molecular formula is C21H35NO3SSi. The van der Waals surface area contributed by atoms with Crippen LogP contribution >= 0.6 is 11.3 Å². The highest BCUT2D eigenvalue weighted by Crippen LogP contribution is 2.45. The summed E-state index contributed by atoms with van der Waals surface area (Å²) < 4.78 is 12.8. The van der Waals surface area contributed by atoms with Gasteiger partial charge in [-0.15, -0.1) is 11.3 Å². The summed E-state index contributed by atoms with van der Waals surface area (Å²) in [6.45, 7) is 17.6. The lowest BCUT2D eigenvalue weighted by molar-refractivity contribution is -0.108. The van der Waals surface area contributed by atoms with Crippen LogP contribution in [0.4, 0.5) is 0 Å². The number of aromatic nitrogens is 1. The standard InChI is InChI=1S/C21H35NO3SSi/c1-15(12-17-14-26-16(2)22-17)18(25-27(7,8)20(3,4)5)13-19-21(6,24-19)10-9-11-23/h11-12,14,18-19H,9-10,13H2,1-8H3/b15-12+/t18-,19-,21+/m0/s1. The Hall–Kier alpha value is -0.823. The minimum absolute atomic E-state index is 0.0101. The fraction of sp³-hybridized carbons (Fsp3) is 0.714. The number of hydrogen-bond donors (Lipinski definition) is 0. The summed E-state index contributed by atoms with van der Waals surface area (Å²) in [5.74, 6) is 0. The van der Waals surface area contributed by atoms with E-state index in [0.29, 0.717) is 6.42 Å². The van der Waals surface area contributed by atoms with Gasteiger partial charge >= 0.3 is 0 Å². The van der Waals surface area contributed by atoms with Crippen LogP contribution in [0.2, 0.25) is 18.1 Å². The third-order valence-electron chi connectivity index (χ3n) is 5.99. The van der Waals surface area contributed by atoms with Gasteiger partial charge in [0.1, 0.15) is 6.29 Å². The van der Waals surface area contributed by atoms with Crippen molar-refractivity contribution in [2.75, 3.05) is 0 Å². The molecule has 0 aliphatic carbocycles. The number of carbonyl (C=O) groups is 1. The number of rotatable bonds is 9. The zero-order valence-electron chi connectivity index (χ0n) is 18.1. The maximum absolute atomic E-state index is 10.7. The minimum atomic E-state index is -1.92. The van der Waals surface area contributed by atoms with Crippen LogP contribution in [0.5, 0.6) is 0 Å². The monoisotopic (exact) mass is 409 g/mol. The predicted octanol–water partition coefficient (Wildman–Crippen LogP) is 5.77. The number of nitrogens with zero attached hydrogens (tertiary/aromatic N) is 1. The van der Waals surface area contributed by atoms with Crippen LogP contribution in [-0.4, -0.2) is 37.4 Å². The smallest absolute Gasteiger partial charge is 0.192 e. The van der Waals surface area contributed by atoms with Gasteiger partial charge in [-0.1, -0.05) is 20.8 Å². The van der Waals surface area contributed by atoms with Gasteiger partial charge in [0.15, 0.2) is 8.32 Å². The Labute approximate surface area is 169 Å². The Balaban J connectivity index is 2.18. The van der Waals surface area contributed by atoms with Crippen molar-refractivity contribution in [1.29, 1.82) is 0 Å². The van der Waals surface area contributed by atoms with E-state index in [-0.39, 0.29) is 22.8 Å². The van der Waals surface area contributed by atoms with E-state index in [1.807, 2.05) is 6.92 Å². The number of aldehydes is 1. The summed E-state index contributed by atoms with van der Waals surface area (Å²) in [6.07, 6.45) is 5.43. The quantitative estimate of drug-likeness (QED) is 0.295. The molecule has 1 aliphatic rings. The van der Waals surface area contributed by atoms with Gasteiger partial charge < -0.3 is 14.0 Å². The van der Waals surface area contributed by atoms with Crippen LogP contribution in [0.1, 0.15) is 64.6 Å². The molecule has 0 aromatic carbocycles. The molecule has 4 nitrogen and oxygen atoms in total. The van der Waals surface area contributed by atoms with Crippen molar-refractivity contribution in [3.63, 3.8) is 0 Å². The first-order valence-electron chi connectivity index (χ1n) is 9.77. The first-order valence-corrected chi connectivity index (χ1v) is 13.6. The van der Waals surface area contributed by atoms with Crippen molar-refractivity contribution in [2.24, 2.45) is 0 Å². The van der Waals surface area contributed by atoms with E-state index >= 15 is 0 Å². The Morgan fingerprint density at radius 3 is 2.67 bits per heavy atom. The lowest BCUT2D eigenvalue weighted by Crippen LogP contribution is -2.44. The van der Waals surface area contributed by atoms with Crippen molar-refractivity contribution < 1.29 is 14.0 Å². The first-order chi connectivity index (χ1) is 12.4. The molecule has 2 heterocycles. The first kappa shape index (κ1) is 22.5. The van der Waals surface area contributed by atoms with Gasteiger partial charge in [0.25, 0.3) is 0 Å². The number of carbonyl (C=O) groups excluding carboxylic acids is 1. The number of epoxide rings is 1. The van der Waals surface area contributed by atoms with E-state index in [1.54, 1.807) is 11.3 Å². The second kappa shape index (κ2) is 8.27. The number of hydrogen-bond acceptors (Lipinski definition) is 5. The summed E-state index contributed by atoms with van der Waals surface area (Å²) in [4.78, 5) is 15.3. The third kappa shape index (κ3) is 5.83. The number of thiazole rings is 1. The molecule has 1 saturated heterocycles. The van der Waals surface area contributed by atoms with Crippen molar-refractivity contribution >= 4 is 32.0 Å². The van der Waals surface area contributed by atoms with E-state index in [9.17, 15) is 4.79 Å². The lowest BCUT2D eigenvalue weighted by Gasteiger charge is -2.39. The normalized spacial score (nSPS) is 24.7. The molecule has 27 heavy (non-hydrogen) atoms. The van der Waals surface area contributed by atoms with Gasteiger partial charge in [-0.2, -0.15) is 0 Å². The fourth-order valence-corrected chi connectivity index (χ4v) is 4.90. The second-order valence-corrected chi connectivity index (χ2v) is 15.2. The summed E-state index contributed by atoms with van der Waals surface area (Å²) >= 11 is 1.67. The molecule has 1 aromatic heterocycles. The molecule has 0 unspecified atom stereocenters. The van der Waals surface area contributed by atoms with E-state index in [4.69, 9.17) is 9.16 Å². The molecule has 0 radical (unpaired) electrons. The SMILES string of the molecule is C/C(=C\c1csc(C)n1)[C@H](C[C@@H]1O[C@]1(C)CCC=O)O[Si](C)(C)C(C)(C)C. The van der Waals surface area contributed by atoms with Crippen molar-refractivity contribution in [3.8, 4) is 0 Å². The molecule has 3 atom stereocenters. The van der Waals surface area contributed by atoms with Crippen LogP contribution in [-0.2, 0) is 14.0 Å². The van der Waals surface area contributed by atoms with Gasteiger partial charge in [0, 0.05) is 18.2 Å². The van der Waals surface area contributed by atoms with Crippen LogP contribution in [0.15, 0.2) is 11.0 Å². The Morgan fingerprint density at radius 2 is 2.15 bits per heavy atom. The van der Waals surface area contributed by atoms with Gasteiger partial charge in [0.05, 0.1) is 28.5 Å². The molecule has 1 fully saturated rings. The third-order valence-corrected chi connectivity index (χ3v) is 11.3. The molecular weight excluding hydrogens is 374 g/mol. The lowest BCUT2D eigenvalue weighted by atomic mass is 9.96. The van der Waals surface area contributed by atoms with E-state index in [2.05, 4.69) is 64.2 Å². The highest BCUT2D eigenvalue weighted by atomic mass is 32.1. The van der Waals surface area contributed by atoms with Crippen molar-refractivity contribution in [1.82, 2.24) is 4.98 Å². The van der Waals surface area contributed by atoms with Crippen molar-refractivity contribution in [3.05, 3.63) is 21.7 Å². The topological polar surface area (TPSA) is 51.7 Å². The van der Waals surface area contributed by atoms with Crippen molar-refractivity contribution in [2.45, 2.75) is 96.7 Å². The van der Waals surface area contributed by atoms with E-state index < -0.39 is 8.32 Å². The molecule has 0 spiro atoms. The van der Waals surface area contributed by atoms with Gasteiger partial charge in [-0.05, 0) is 57.0 Å². The number of aryl methyl sites for hydroxylation is 1. The summed E-state index contributed by atoms with van der Waals surface area (Å²) in [6, 6.07) is 0. The molecule has 0 amide bonds. The molecule has 2 rings (SSSR count). The highest BCUT2D eigenvalue weighted by Gasteiger charge is 2.53. The Bertz CT molecular complexity index is 692. The molecule has 0 bridgehead atoms. The van der Waals surface area contributed by atoms with Crippen LogP contribution in [0, 0.1) is 6.92 Å². The zero-order valence-corrected chi connectivity index (χ0v) is 19.9. The Morgan fingerprint density at radius 1 is 1.48 bits per heavy atom. The minimum Gasteiger partial charge on any atom is -0.410 e. The maximum Gasteiger partial charge on any atom is 0.192 e. The van der Waals surface area contributed by atoms with Crippen LogP contribution < -0.4 is 0 Å². The molecule has 0 N–H and O–H groups in total. The summed E-state index contributed by atoms with van der Waals surface area (Å²) in [5, 5.41) is 3.31. The zero-order chi connectivity index (χ0) is 20.5. The van der Waals surface area contributed by atoms with Gasteiger partial charge in [0.2, 0.25) is 0 Å². The predicted molar refractivity (Wildman–Crippen MR) is 116 cm³/mol. The summed E-state index contributed by atoms with van der Waals surface area (Å²) in [7, 11) is -1.92. The molecule has 152 valence electrons. The van der Waals surface area contributed by atoms with Gasteiger partial charge in [-0.3, -0.25) is 0 Å². The highest BCUT2D eigenvalue weighted by molar-refractivity contribution is 7.09. The molecule has 1 aromatic rings. The molecule has 6 heteroatoms. The summed E-state index contributed by atoms with van der Waals surface area (Å²) in [5.41, 5.74) is 2.01. The van der Waals surface area contributed by atoms with Gasteiger partial charge in [-0.25, -0.2) is 4.98 Å². The Kier molecular flexibility index (Phi) is 6.88. The van der Waals surface area contributed by atoms with Crippen LogP contribution in [0.25, 0.3) is 6.08 Å². The van der Waals surface area contributed by atoms with E-state index in [0.717, 1.165) is 29.8 Å². The van der Waals surface area contributed by atoms with Crippen LogP contribution in [0.3, 0.4) is 0 Å².